The van der Waals surface area contributed by atoms with E-state index in [1.54, 1.807) is 5.38 Å². The molecule has 1 aliphatic heterocycles. The Morgan fingerprint density at radius 1 is 1.71 bits per heavy atom. The molecule has 1 aliphatic rings. The fraction of sp³-hybridized carbons (Fsp3) is 0.636. The van der Waals surface area contributed by atoms with Crippen LogP contribution in [0, 0.1) is 5.92 Å². The number of carboxylic acid groups (broad SMARTS) is 1. The van der Waals surface area contributed by atoms with Crippen LogP contribution in [-0.4, -0.2) is 35.8 Å². The number of hydrogen-bond donors (Lipinski definition) is 2. The Labute approximate surface area is 104 Å². The number of rotatable bonds is 5. The molecule has 1 atom stereocenters. The molecule has 0 saturated carbocycles. The van der Waals surface area contributed by atoms with Crippen LogP contribution >= 0.6 is 11.3 Å². The third-order valence-electron chi connectivity index (χ3n) is 2.74. The zero-order valence-corrected chi connectivity index (χ0v) is 10.3. The van der Waals surface area contributed by atoms with E-state index < -0.39 is 5.97 Å². The minimum Gasteiger partial charge on any atom is -0.476 e. The van der Waals surface area contributed by atoms with Crippen LogP contribution in [0.3, 0.4) is 0 Å². The summed E-state index contributed by atoms with van der Waals surface area (Å²) in [6.07, 6.45) is 2.40. The van der Waals surface area contributed by atoms with Crippen LogP contribution in [0.5, 0.6) is 0 Å². The first-order valence-electron chi connectivity index (χ1n) is 5.72. The quantitative estimate of drug-likeness (QED) is 0.832. The summed E-state index contributed by atoms with van der Waals surface area (Å²) in [5.41, 5.74) is 0.705. The second kappa shape index (κ2) is 6.09. The number of nitrogens with one attached hydrogen (secondary N) is 1. The average molecular weight is 256 g/mol. The summed E-state index contributed by atoms with van der Waals surface area (Å²) in [6.45, 7) is 3.23. The number of aromatic nitrogens is 1. The van der Waals surface area contributed by atoms with E-state index in [0.717, 1.165) is 24.4 Å². The first-order chi connectivity index (χ1) is 8.25. The highest BCUT2D eigenvalue weighted by Crippen LogP contribution is 2.13. The van der Waals surface area contributed by atoms with Crippen LogP contribution in [0.2, 0.25) is 0 Å². The topological polar surface area (TPSA) is 71.5 Å². The predicted octanol–water partition coefficient (Wildman–Crippen LogP) is 1.36. The van der Waals surface area contributed by atoms with Gasteiger partial charge in [-0.05, 0) is 25.3 Å². The van der Waals surface area contributed by atoms with Crippen LogP contribution in [-0.2, 0) is 11.3 Å². The molecule has 17 heavy (non-hydrogen) atoms. The molecular weight excluding hydrogens is 240 g/mol. The van der Waals surface area contributed by atoms with E-state index in [4.69, 9.17) is 9.84 Å². The second-order valence-corrected chi connectivity index (χ2v) is 5.03. The van der Waals surface area contributed by atoms with Crippen molar-refractivity contribution in [2.75, 3.05) is 19.7 Å². The van der Waals surface area contributed by atoms with Crippen molar-refractivity contribution in [3.63, 3.8) is 0 Å². The van der Waals surface area contributed by atoms with Crippen LogP contribution < -0.4 is 5.32 Å². The smallest absolute Gasteiger partial charge is 0.365 e. The average Bonchev–Trinajstić information content (AvgIpc) is 2.79. The van der Waals surface area contributed by atoms with Crippen molar-refractivity contribution in [3.05, 3.63) is 16.1 Å². The van der Waals surface area contributed by atoms with Gasteiger partial charge in [-0.15, -0.1) is 11.3 Å². The van der Waals surface area contributed by atoms with Gasteiger partial charge >= 0.3 is 5.97 Å². The molecule has 0 bridgehead atoms. The lowest BCUT2D eigenvalue weighted by Crippen LogP contribution is -2.32. The molecule has 1 saturated heterocycles. The highest BCUT2D eigenvalue weighted by molar-refractivity contribution is 7.11. The lowest BCUT2D eigenvalue weighted by atomic mass is 10.0. The SMILES string of the molecule is O=C(O)c1nc(COCC2CCCNC2)cs1. The third kappa shape index (κ3) is 3.76. The molecule has 0 aromatic carbocycles. The Balaban J connectivity index is 1.71. The normalized spacial score (nSPS) is 20.4. The molecule has 6 heteroatoms. The van der Waals surface area contributed by atoms with Crippen molar-refractivity contribution < 1.29 is 14.6 Å². The van der Waals surface area contributed by atoms with Gasteiger partial charge in [0.25, 0.3) is 0 Å². The summed E-state index contributed by atoms with van der Waals surface area (Å²) in [5.74, 6) is -0.404. The molecule has 0 spiro atoms. The maximum absolute atomic E-state index is 10.6. The number of thiazole rings is 1. The summed E-state index contributed by atoms with van der Waals surface area (Å²) in [7, 11) is 0. The Morgan fingerprint density at radius 3 is 3.24 bits per heavy atom. The second-order valence-electron chi connectivity index (χ2n) is 4.18. The van der Waals surface area contributed by atoms with E-state index in [1.807, 2.05) is 0 Å². The Hall–Kier alpha value is -0.980. The molecule has 0 amide bonds. The zero-order chi connectivity index (χ0) is 12.1. The molecule has 5 nitrogen and oxygen atoms in total. The summed E-state index contributed by atoms with van der Waals surface area (Å²) in [5, 5.41) is 13.9. The van der Waals surface area contributed by atoms with Crippen molar-refractivity contribution in [1.82, 2.24) is 10.3 Å². The van der Waals surface area contributed by atoms with Gasteiger partial charge in [-0.2, -0.15) is 0 Å². The molecule has 1 aromatic heterocycles. The number of nitrogens with zero attached hydrogens (tertiary/aromatic N) is 1. The maximum Gasteiger partial charge on any atom is 0.365 e. The van der Waals surface area contributed by atoms with E-state index in [2.05, 4.69) is 10.3 Å². The van der Waals surface area contributed by atoms with Gasteiger partial charge in [0.15, 0.2) is 0 Å². The first kappa shape index (κ1) is 12.5. The Morgan fingerprint density at radius 2 is 2.59 bits per heavy atom. The molecule has 1 unspecified atom stereocenters. The highest BCUT2D eigenvalue weighted by atomic mass is 32.1. The van der Waals surface area contributed by atoms with E-state index >= 15 is 0 Å². The van der Waals surface area contributed by atoms with E-state index in [0.29, 0.717) is 24.8 Å². The molecule has 1 fully saturated rings. The largest absolute Gasteiger partial charge is 0.476 e. The van der Waals surface area contributed by atoms with Gasteiger partial charge in [-0.3, -0.25) is 0 Å². The lowest BCUT2D eigenvalue weighted by molar-refractivity contribution is 0.0690. The standard InChI is InChI=1S/C11H16N2O3S/c14-11(15)10-13-9(7-17-10)6-16-5-8-2-1-3-12-4-8/h7-8,12H,1-6H2,(H,14,15). The number of aromatic carboxylic acids is 1. The van der Waals surface area contributed by atoms with Gasteiger partial charge in [0, 0.05) is 11.9 Å². The first-order valence-corrected chi connectivity index (χ1v) is 6.60. The van der Waals surface area contributed by atoms with Crippen LogP contribution in [0.1, 0.15) is 28.3 Å². The molecule has 2 rings (SSSR count). The van der Waals surface area contributed by atoms with Gasteiger partial charge < -0.3 is 15.2 Å². The molecule has 0 radical (unpaired) electrons. The van der Waals surface area contributed by atoms with Crippen LogP contribution in [0.15, 0.2) is 5.38 Å². The number of ether oxygens (including phenoxy) is 1. The van der Waals surface area contributed by atoms with Gasteiger partial charge in [-0.25, -0.2) is 9.78 Å². The maximum atomic E-state index is 10.6. The molecule has 2 N–H and O–H groups in total. The lowest BCUT2D eigenvalue weighted by Gasteiger charge is -2.22. The molecule has 2 heterocycles. The van der Waals surface area contributed by atoms with Crippen LogP contribution in [0.4, 0.5) is 0 Å². The van der Waals surface area contributed by atoms with Crippen molar-refractivity contribution in [3.8, 4) is 0 Å². The van der Waals surface area contributed by atoms with E-state index in [9.17, 15) is 4.79 Å². The third-order valence-corrected chi connectivity index (χ3v) is 3.62. The van der Waals surface area contributed by atoms with Crippen molar-refractivity contribution in [2.45, 2.75) is 19.4 Å². The minimum atomic E-state index is -0.974. The number of carboxylic acids is 1. The fourth-order valence-corrected chi connectivity index (χ4v) is 2.51. The summed E-state index contributed by atoms with van der Waals surface area (Å²) >= 11 is 1.14. The predicted molar refractivity (Wildman–Crippen MR) is 64.3 cm³/mol. The monoisotopic (exact) mass is 256 g/mol. The van der Waals surface area contributed by atoms with Gasteiger partial charge in [-0.1, -0.05) is 0 Å². The Kier molecular flexibility index (Phi) is 4.47. The van der Waals surface area contributed by atoms with Gasteiger partial charge in [0.1, 0.15) is 0 Å². The molecule has 1 aromatic rings. The van der Waals surface area contributed by atoms with Crippen molar-refractivity contribution in [2.24, 2.45) is 5.92 Å². The molecular formula is C11H16N2O3S. The number of carbonyl (C=O) groups is 1. The number of hydrogen-bond acceptors (Lipinski definition) is 5. The summed E-state index contributed by atoms with van der Waals surface area (Å²) in [6, 6.07) is 0. The van der Waals surface area contributed by atoms with E-state index in [-0.39, 0.29) is 5.01 Å². The number of piperidine rings is 1. The fourth-order valence-electron chi connectivity index (χ4n) is 1.87. The minimum absolute atomic E-state index is 0.128. The van der Waals surface area contributed by atoms with Gasteiger partial charge in [0.05, 0.1) is 18.9 Å². The summed E-state index contributed by atoms with van der Waals surface area (Å²) < 4.78 is 5.56. The highest BCUT2D eigenvalue weighted by Gasteiger charge is 2.13. The summed E-state index contributed by atoms with van der Waals surface area (Å²) in [4.78, 5) is 14.6. The van der Waals surface area contributed by atoms with E-state index in [1.165, 1.54) is 12.8 Å². The van der Waals surface area contributed by atoms with Crippen molar-refractivity contribution in [1.29, 1.82) is 0 Å². The van der Waals surface area contributed by atoms with Crippen molar-refractivity contribution >= 4 is 17.3 Å². The molecule has 94 valence electrons. The van der Waals surface area contributed by atoms with Crippen LogP contribution in [0.25, 0.3) is 0 Å². The van der Waals surface area contributed by atoms with Gasteiger partial charge in [0.2, 0.25) is 5.01 Å². The zero-order valence-electron chi connectivity index (χ0n) is 9.52. The Bertz CT molecular complexity index is 375. The molecule has 0 aliphatic carbocycles.